The van der Waals surface area contributed by atoms with Crippen molar-refractivity contribution in [3.05, 3.63) is 52.8 Å². The fourth-order valence-electron chi connectivity index (χ4n) is 2.19. The average Bonchev–Trinajstić information content (AvgIpc) is 3.03. The molecule has 7 heteroatoms. The molecule has 0 unspecified atom stereocenters. The average molecular weight is 368 g/mol. The Morgan fingerprint density at radius 1 is 1.29 bits per heavy atom. The maximum Gasteiger partial charge on any atom is 0.233 e. The first-order valence-corrected chi connectivity index (χ1v) is 8.56. The van der Waals surface area contributed by atoms with Gasteiger partial charge in [-0.3, -0.25) is 4.79 Å². The molecule has 2 aromatic rings. The zero-order valence-electron chi connectivity index (χ0n) is 12.8. The molecule has 0 spiro atoms. The van der Waals surface area contributed by atoms with E-state index >= 15 is 0 Å². The quantitative estimate of drug-likeness (QED) is 0.811. The molecular formula is C17H15ClFNO3S. The second kappa shape index (κ2) is 7.32. The van der Waals surface area contributed by atoms with Crippen LogP contribution in [0.1, 0.15) is 12.5 Å². The minimum Gasteiger partial charge on any atom is -0.454 e. The van der Waals surface area contributed by atoms with Crippen LogP contribution < -0.4 is 14.8 Å². The maximum absolute atomic E-state index is 13.2. The van der Waals surface area contributed by atoms with Gasteiger partial charge in [0.2, 0.25) is 12.7 Å². The Labute approximate surface area is 148 Å². The van der Waals surface area contributed by atoms with Gasteiger partial charge in [0.1, 0.15) is 5.82 Å². The number of nitrogens with one attached hydrogen (secondary N) is 1. The lowest BCUT2D eigenvalue weighted by Crippen LogP contribution is -2.30. The summed E-state index contributed by atoms with van der Waals surface area (Å²) in [4.78, 5) is 13.0. The van der Waals surface area contributed by atoms with Crippen LogP contribution >= 0.6 is 23.4 Å². The number of fused-ring (bicyclic) bond motifs is 1. The van der Waals surface area contributed by atoms with E-state index in [0.717, 1.165) is 10.5 Å². The number of hydrogen-bond donors (Lipinski definition) is 1. The molecule has 1 aliphatic heterocycles. The van der Waals surface area contributed by atoms with E-state index in [1.54, 1.807) is 13.0 Å². The largest absolute Gasteiger partial charge is 0.454 e. The first kappa shape index (κ1) is 16.9. The highest BCUT2D eigenvalue weighted by Gasteiger charge is 2.16. The third kappa shape index (κ3) is 3.94. The van der Waals surface area contributed by atoms with Crippen LogP contribution in [0.4, 0.5) is 4.39 Å². The van der Waals surface area contributed by atoms with E-state index in [0.29, 0.717) is 18.0 Å². The molecule has 126 valence electrons. The van der Waals surface area contributed by atoms with Crippen LogP contribution in [0.25, 0.3) is 0 Å². The monoisotopic (exact) mass is 367 g/mol. The van der Waals surface area contributed by atoms with E-state index in [2.05, 4.69) is 5.32 Å². The van der Waals surface area contributed by atoms with Gasteiger partial charge < -0.3 is 14.8 Å². The van der Waals surface area contributed by atoms with Gasteiger partial charge in [-0.2, -0.15) is 0 Å². The van der Waals surface area contributed by atoms with E-state index in [1.165, 1.54) is 23.9 Å². The third-order valence-electron chi connectivity index (χ3n) is 3.48. The smallest absolute Gasteiger partial charge is 0.233 e. The molecule has 0 fully saturated rings. The summed E-state index contributed by atoms with van der Waals surface area (Å²) >= 11 is 7.08. The zero-order chi connectivity index (χ0) is 17.1. The van der Waals surface area contributed by atoms with Gasteiger partial charge >= 0.3 is 0 Å². The number of thioether (sulfide) groups is 1. The number of carbonyl (C=O) groups excluding carboxylic acids is 1. The molecule has 1 heterocycles. The lowest BCUT2D eigenvalue weighted by Gasteiger charge is -2.12. The fraction of sp³-hybridized carbons (Fsp3) is 0.235. The number of ether oxygens (including phenoxy) is 2. The van der Waals surface area contributed by atoms with Crippen LogP contribution in [-0.2, 0) is 11.3 Å². The molecule has 0 saturated carbocycles. The SMILES string of the molecule is C[C@@H](Sc1ccc(F)c(Cl)c1)C(=O)NCc1ccc2c(c1)OCO2. The number of rotatable bonds is 5. The Bertz CT molecular complexity index is 771. The predicted molar refractivity (Wildman–Crippen MR) is 91.1 cm³/mol. The summed E-state index contributed by atoms with van der Waals surface area (Å²) in [5.41, 5.74) is 0.926. The van der Waals surface area contributed by atoms with Crippen LogP contribution in [0.15, 0.2) is 41.3 Å². The molecule has 1 atom stereocenters. The normalized spacial score (nSPS) is 13.6. The van der Waals surface area contributed by atoms with Gasteiger partial charge in [-0.05, 0) is 42.8 Å². The molecule has 1 amide bonds. The van der Waals surface area contributed by atoms with Crippen molar-refractivity contribution in [3.63, 3.8) is 0 Å². The maximum atomic E-state index is 13.2. The second-order valence-electron chi connectivity index (χ2n) is 5.24. The van der Waals surface area contributed by atoms with Crippen LogP contribution in [-0.4, -0.2) is 18.0 Å². The molecule has 4 nitrogen and oxygen atoms in total. The molecule has 0 bridgehead atoms. The topological polar surface area (TPSA) is 47.6 Å². The van der Waals surface area contributed by atoms with Gasteiger partial charge in [0, 0.05) is 11.4 Å². The number of hydrogen-bond acceptors (Lipinski definition) is 4. The first-order chi connectivity index (χ1) is 11.5. The number of carbonyl (C=O) groups is 1. The van der Waals surface area contributed by atoms with Crippen molar-refractivity contribution in [2.45, 2.75) is 23.6 Å². The molecule has 1 aliphatic rings. The molecule has 24 heavy (non-hydrogen) atoms. The Balaban J connectivity index is 1.55. The molecule has 0 aromatic heterocycles. The summed E-state index contributed by atoms with van der Waals surface area (Å²) in [6, 6.07) is 9.96. The van der Waals surface area contributed by atoms with Crippen molar-refractivity contribution in [2.24, 2.45) is 0 Å². The van der Waals surface area contributed by atoms with E-state index < -0.39 is 5.82 Å². The van der Waals surface area contributed by atoms with Gasteiger partial charge in [-0.1, -0.05) is 17.7 Å². The predicted octanol–water partition coefficient (Wildman–Crippen LogP) is 4.00. The summed E-state index contributed by atoms with van der Waals surface area (Å²) in [6.07, 6.45) is 0. The van der Waals surface area contributed by atoms with Crippen LogP contribution in [0.2, 0.25) is 5.02 Å². The van der Waals surface area contributed by atoms with Gasteiger partial charge in [0.05, 0.1) is 10.3 Å². The highest BCUT2D eigenvalue weighted by Crippen LogP contribution is 2.32. The Hall–Kier alpha value is -1.92. The number of amides is 1. The molecule has 0 aliphatic carbocycles. The van der Waals surface area contributed by atoms with Crippen LogP contribution in [0.3, 0.4) is 0 Å². The van der Waals surface area contributed by atoms with Gasteiger partial charge in [0.25, 0.3) is 0 Å². The van der Waals surface area contributed by atoms with Gasteiger partial charge in [-0.15, -0.1) is 11.8 Å². The Kier molecular flexibility index (Phi) is 5.16. The van der Waals surface area contributed by atoms with Crippen molar-refractivity contribution in [3.8, 4) is 11.5 Å². The highest BCUT2D eigenvalue weighted by atomic mass is 35.5. The Morgan fingerprint density at radius 3 is 2.88 bits per heavy atom. The minimum atomic E-state index is -0.471. The van der Waals surface area contributed by atoms with Gasteiger partial charge in [-0.25, -0.2) is 4.39 Å². The van der Waals surface area contributed by atoms with Crippen molar-refractivity contribution >= 4 is 29.3 Å². The summed E-state index contributed by atoms with van der Waals surface area (Å²) in [6.45, 7) is 2.40. The molecule has 1 N–H and O–H groups in total. The summed E-state index contributed by atoms with van der Waals surface area (Å²) in [7, 11) is 0. The van der Waals surface area contributed by atoms with Crippen molar-refractivity contribution in [2.75, 3.05) is 6.79 Å². The van der Waals surface area contributed by atoms with E-state index in [9.17, 15) is 9.18 Å². The molecular weight excluding hydrogens is 353 g/mol. The standard InChI is InChI=1S/C17H15ClFNO3S/c1-10(24-12-3-4-14(19)13(18)7-12)17(21)20-8-11-2-5-15-16(6-11)23-9-22-15/h2-7,10H,8-9H2,1H3,(H,20,21)/t10-/m1/s1. The van der Waals surface area contributed by atoms with Crippen LogP contribution in [0.5, 0.6) is 11.5 Å². The fourth-order valence-corrected chi connectivity index (χ4v) is 3.37. The summed E-state index contributed by atoms with van der Waals surface area (Å²) in [5, 5.41) is 2.59. The van der Waals surface area contributed by atoms with Gasteiger partial charge in [0.15, 0.2) is 11.5 Å². The van der Waals surface area contributed by atoms with E-state index in [1.807, 2.05) is 18.2 Å². The summed E-state index contributed by atoms with van der Waals surface area (Å²) in [5.74, 6) is 0.811. The Morgan fingerprint density at radius 2 is 2.08 bits per heavy atom. The number of benzene rings is 2. The third-order valence-corrected chi connectivity index (χ3v) is 4.86. The van der Waals surface area contributed by atoms with Crippen molar-refractivity contribution in [1.82, 2.24) is 5.32 Å². The summed E-state index contributed by atoms with van der Waals surface area (Å²) < 4.78 is 23.7. The first-order valence-electron chi connectivity index (χ1n) is 7.31. The molecule has 3 rings (SSSR count). The lowest BCUT2D eigenvalue weighted by molar-refractivity contribution is -0.120. The van der Waals surface area contributed by atoms with E-state index in [-0.39, 0.29) is 23.0 Å². The molecule has 0 saturated heterocycles. The molecule has 0 radical (unpaired) electrons. The highest BCUT2D eigenvalue weighted by molar-refractivity contribution is 8.00. The molecule has 2 aromatic carbocycles. The van der Waals surface area contributed by atoms with Crippen molar-refractivity contribution < 1.29 is 18.7 Å². The zero-order valence-corrected chi connectivity index (χ0v) is 14.4. The second-order valence-corrected chi connectivity index (χ2v) is 7.06. The van der Waals surface area contributed by atoms with Crippen molar-refractivity contribution in [1.29, 1.82) is 0 Å². The van der Waals surface area contributed by atoms with Crippen LogP contribution in [0, 0.1) is 5.82 Å². The van der Waals surface area contributed by atoms with E-state index in [4.69, 9.17) is 21.1 Å². The lowest BCUT2D eigenvalue weighted by atomic mass is 10.2. The number of halogens is 2. The minimum absolute atomic E-state index is 0.0490.